The number of hydrogen-bond donors (Lipinski definition) is 0. The fourth-order valence-corrected chi connectivity index (χ4v) is 2.57. The van der Waals surface area contributed by atoms with E-state index in [9.17, 15) is 0 Å². The Kier molecular flexibility index (Phi) is 2.94. The lowest BCUT2D eigenvalue weighted by atomic mass is 10.1. The fraction of sp³-hybridized carbons (Fsp3) is 0.250. The Morgan fingerprint density at radius 3 is 2.20 bits per heavy atom. The Bertz CT molecular complexity index is 479. The summed E-state index contributed by atoms with van der Waals surface area (Å²) in [6.07, 6.45) is 0. The lowest BCUT2D eigenvalue weighted by Crippen LogP contribution is -1.85. The molecule has 1 heterocycles. The molecule has 0 radical (unpaired) electrons. The standard InChI is InChI=1S/C12H12BrNS/c1-7-4-10(5-8(2)11(7)13)12-14-9(3)6-15-12/h4-6H,1-3H3. The number of halogens is 1. The predicted molar refractivity (Wildman–Crippen MR) is 69.5 cm³/mol. The molecule has 15 heavy (non-hydrogen) atoms. The first-order valence-corrected chi connectivity index (χ1v) is 6.44. The molecule has 0 saturated heterocycles. The quantitative estimate of drug-likeness (QED) is 0.750. The second-order valence-electron chi connectivity index (χ2n) is 3.72. The summed E-state index contributed by atoms with van der Waals surface area (Å²) >= 11 is 5.27. The van der Waals surface area contributed by atoms with Gasteiger partial charge in [0.15, 0.2) is 0 Å². The van der Waals surface area contributed by atoms with Gasteiger partial charge < -0.3 is 0 Å². The van der Waals surface area contributed by atoms with Crippen molar-refractivity contribution in [2.24, 2.45) is 0 Å². The molecule has 0 aliphatic heterocycles. The second kappa shape index (κ2) is 4.06. The largest absolute Gasteiger partial charge is 0.241 e. The summed E-state index contributed by atoms with van der Waals surface area (Å²) in [4.78, 5) is 4.50. The average Bonchev–Trinajstić information content (AvgIpc) is 2.60. The van der Waals surface area contributed by atoms with Gasteiger partial charge in [0, 0.05) is 21.1 Å². The number of thiazole rings is 1. The summed E-state index contributed by atoms with van der Waals surface area (Å²) in [5.41, 5.74) is 4.83. The van der Waals surface area contributed by atoms with E-state index in [2.05, 4.69) is 52.3 Å². The maximum atomic E-state index is 4.50. The zero-order chi connectivity index (χ0) is 11.0. The zero-order valence-electron chi connectivity index (χ0n) is 8.97. The SMILES string of the molecule is Cc1csc(-c2cc(C)c(Br)c(C)c2)n1. The van der Waals surface area contributed by atoms with Gasteiger partial charge in [-0.1, -0.05) is 15.9 Å². The van der Waals surface area contributed by atoms with Gasteiger partial charge >= 0.3 is 0 Å². The summed E-state index contributed by atoms with van der Waals surface area (Å²) in [6.45, 7) is 6.25. The highest BCUT2D eigenvalue weighted by Crippen LogP contribution is 2.30. The summed E-state index contributed by atoms with van der Waals surface area (Å²) in [5, 5.41) is 3.19. The van der Waals surface area contributed by atoms with E-state index in [1.807, 2.05) is 6.92 Å². The van der Waals surface area contributed by atoms with Crippen LogP contribution in [-0.2, 0) is 0 Å². The van der Waals surface area contributed by atoms with Crippen LogP contribution < -0.4 is 0 Å². The van der Waals surface area contributed by atoms with E-state index in [0.717, 1.165) is 10.7 Å². The number of nitrogens with zero attached hydrogens (tertiary/aromatic N) is 1. The van der Waals surface area contributed by atoms with Crippen LogP contribution in [0.1, 0.15) is 16.8 Å². The van der Waals surface area contributed by atoms with Crippen LogP contribution in [0, 0.1) is 20.8 Å². The van der Waals surface area contributed by atoms with E-state index in [1.54, 1.807) is 11.3 Å². The van der Waals surface area contributed by atoms with Crippen LogP contribution in [0.15, 0.2) is 22.0 Å². The fourth-order valence-electron chi connectivity index (χ4n) is 1.56. The van der Waals surface area contributed by atoms with Gasteiger partial charge in [-0.3, -0.25) is 0 Å². The molecule has 0 amide bonds. The molecule has 78 valence electrons. The topological polar surface area (TPSA) is 12.9 Å². The van der Waals surface area contributed by atoms with E-state index in [1.165, 1.54) is 21.2 Å². The molecule has 1 aromatic carbocycles. The van der Waals surface area contributed by atoms with E-state index in [4.69, 9.17) is 0 Å². The maximum Gasteiger partial charge on any atom is 0.123 e. The molecule has 0 unspecified atom stereocenters. The first-order chi connectivity index (χ1) is 7.08. The molecule has 3 heteroatoms. The van der Waals surface area contributed by atoms with Crippen LogP contribution in [0.25, 0.3) is 10.6 Å². The van der Waals surface area contributed by atoms with Gasteiger partial charge in [-0.2, -0.15) is 0 Å². The molecule has 0 bridgehead atoms. The molecule has 0 atom stereocenters. The molecule has 2 aromatic rings. The van der Waals surface area contributed by atoms with Crippen molar-refractivity contribution in [3.8, 4) is 10.6 Å². The average molecular weight is 282 g/mol. The summed E-state index contributed by atoms with van der Waals surface area (Å²) < 4.78 is 1.19. The van der Waals surface area contributed by atoms with Crippen molar-refractivity contribution in [3.05, 3.63) is 38.8 Å². The predicted octanol–water partition coefficient (Wildman–Crippen LogP) is 4.50. The molecule has 0 N–H and O–H groups in total. The smallest absolute Gasteiger partial charge is 0.123 e. The van der Waals surface area contributed by atoms with Crippen LogP contribution in [-0.4, -0.2) is 4.98 Å². The Morgan fingerprint density at radius 2 is 1.73 bits per heavy atom. The van der Waals surface area contributed by atoms with Crippen molar-refractivity contribution < 1.29 is 0 Å². The van der Waals surface area contributed by atoms with Gasteiger partial charge in [0.1, 0.15) is 5.01 Å². The highest BCUT2D eigenvalue weighted by molar-refractivity contribution is 9.10. The Balaban J connectivity index is 2.55. The summed E-state index contributed by atoms with van der Waals surface area (Å²) in [7, 11) is 0. The highest BCUT2D eigenvalue weighted by Gasteiger charge is 2.06. The van der Waals surface area contributed by atoms with Crippen LogP contribution in [0.2, 0.25) is 0 Å². The van der Waals surface area contributed by atoms with E-state index in [0.29, 0.717) is 0 Å². The number of aryl methyl sites for hydroxylation is 3. The number of rotatable bonds is 1. The van der Waals surface area contributed by atoms with Crippen molar-refractivity contribution in [2.45, 2.75) is 20.8 Å². The normalized spacial score (nSPS) is 10.7. The molecule has 0 aliphatic rings. The van der Waals surface area contributed by atoms with Gasteiger partial charge in [0.25, 0.3) is 0 Å². The Labute approximate surface area is 102 Å². The molecule has 0 fully saturated rings. The van der Waals surface area contributed by atoms with Crippen molar-refractivity contribution in [1.82, 2.24) is 4.98 Å². The van der Waals surface area contributed by atoms with Crippen LogP contribution in [0.4, 0.5) is 0 Å². The first kappa shape index (κ1) is 10.8. The molecule has 0 aliphatic carbocycles. The molecule has 1 nitrogen and oxygen atoms in total. The Hall–Kier alpha value is -0.670. The summed E-state index contributed by atoms with van der Waals surface area (Å²) in [5.74, 6) is 0. The second-order valence-corrected chi connectivity index (χ2v) is 5.37. The molecular formula is C12H12BrNS. The minimum absolute atomic E-state index is 1.09. The minimum atomic E-state index is 1.09. The van der Waals surface area contributed by atoms with Crippen molar-refractivity contribution in [3.63, 3.8) is 0 Å². The van der Waals surface area contributed by atoms with Crippen molar-refractivity contribution >= 4 is 27.3 Å². The van der Waals surface area contributed by atoms with Crippen LogP contribution >= 0.6 is 27.3 Å². The molecule has 0 saturated carbocycles. The minimum Gasteiger partial charge on any atom is -0.241 e. The molecule has 0 spiro atoms. The third-order valence-electron chi connectivity index (χ3n) is 2.30. The number of aromatic nitrogens is 1. The highest BCUT2D eigenvalue weighted by atomic mass is 79.9. The lowest BCUT2D eigenvalue weighted by Gasteiger charge is -2.05. The molecule has 1 aromatic heterocycles. The maximum absolute atomic E-state index is 4.50. The third-order valence-corrected chi connectivity index (χ3v) is 4.56. The zero-order valence-corrected chi connectivity index (χ0v) is 11.4. The first-order valence-electron chi connectivity index (χ1n) is 4.77. The van der Waals surface area contributed by atoms with Gasteiger partial charge in [-0.15, -0.1) is 11.3 Å². The summed E-state index contributed by atoms with van der Waals surface area (Å²) in [6, 6.07) is 4.35. The monoisotopic (exact) mass is 281 g/mol. The molecular weight excluding hydrogens is 270 g/mol. The van der Waals surface area contributed by atoms with Crippen molar-refractivity contribution in [1.29, 1.82) is 0 Å². The van der Waals surface area contributed by atoms with E-state index >= 15 is 0 Å². The molecule has 2 rings (SSSR count). The number of hydrogen-bond acceptors (Lipinski definition) is 2. The third kappa shape index (κ3) is 2.13. The van der Waals surface area contributed by atoms with Gasteiger partial charge in [0.2, 0.25) is 0 Å². The van der Waals surface area contributed by atoms with Crippen molar-refractivity contribution in [2.75, 3.05) is 0 Å². The van der Waals surface area contributed by atoms with Crippen LogP contribution in [0.3, 0.4) is 0 Å². The van der Waals surface area contributed by atoms with Gasteiger partial charge in [0.05, 0.1) is 0 Å². The van der Waals surface area contributed by atoms with Gasteiger partial charge in [-0.25, -0.2) is 4.98 Å². The van der Waals surface area contributed by atoms with Gasteiger partial charge in [-0.05, 0) is 44.0 Å². The van der Waals surface area contributed by atoms with E-state index in [-0.39, 0.29) is 0 Å². The lowest BCUT2D eigenvalue weighted by molar-refractivity contribution is 1.26. The van der Waals surface area contributed by atoms with E-state index < -0.39 is 0 Å². The Morgan fingerprint density at radius 1 is 1.13 bits per heavy atom. The van der Waals surface area contributed by atoms with Crippen LogP contribution in [0.5, 0.6) is 0 Å². The number of benzene rings is 1.